The van der Waals surface area contributed by atoms with E-state index in [1.165, 1.54) is 17.3 Å². The van der Waals surface area contributed by atoms with E-state index in [4.69, 9.17) is 11.6 Å². The van der Waals surface area contributed by atoms with Crippen LogP contribution in [-0.2, 0) is 6.54 Å². The SMILES string of the molecule is CCn1c(Sc2cc(Cl)nc(C3CC3)n2)nnc1-c1ccc(C)cc1. The highest BCUT2D eigenvalue weighted by molar-refractivity contribution is 7.99. The van der Waals surface area contributed by atoms with Crippen LogP contribution in [0.5, 0.6) is 0 Å². The van der Waals surface area contributed by atoms with Crippen LogP contribution in [0.4, 0.5) is 0 Å². The monoisotopic (exact) mass is 371 g/mol. The third kappa shape index (κ3) is 3.55. The minimum absolute atomic E-state index is 0.463. The summed E-state index contributed by atoms with van der Waals surface area (Å²) in [6.45, 7) is 4.95. The van der Waals surface area contributed by atoms with Crippen LogP contribution in [0.1, 0.15) is 37.1 Å². The van der Waals surface area contributed by atoms with Gasteiger partial charge in [-0.25, -0.2) is 9.97 Å². The molecule has 0 unspecified atom stereocenters. The Labute approximate surface area is 155 Å². The molecule has 1 saturated carbocycles. The maximum absolute atomic E-state index is 6.17. The zero-order chi connectivity index (χ0) is 17.4. The second kappa shape index (κ2) is 6.77. The van der Waals surface area contributed by atoms with Crippen LogP contribution >= 0.6 is 23.4 Å². The zero-order valence-electron chi connectivity index (χ0n) is 14.1. The molecule has 0 saturated heterocycles. The van der Waals surface area contributed by atoms with E-state index in [0.29, 0.717) is 11.1 Å². The van der Waals surface area contributed by atoms with Gasteiger partial charge in [-0.3, -0.25) is 0 Å². The summed E-state index contributed by atoms with van der Waals surface area (Å²) in [7, 11) is 0. The van der Waals surface area contributed by atoms with Gasteiger partial charge in [-0.2, -0.15) is 0 Å². The number of halogens is 1. The normalized spacial score (nSPS) is 14.0. The maximum Gasteiger partial charge on any atom is 0.197 e. The standard InChI is InChI=1S/C18H18ClN5S/c1-3-24-17(13-6-4-11(2)5-7-13)22-23-18(24)25-15-10-14(19)20-16(21-15)12-8-9-12/h4-7,10,12H,3,8-9H2,1-2H3. The number of aromatic nitrogens is 5. The predicted octanol–water partition coefficient (Wildman–Crippen LogP) is 4.75. The first kappa shape index (κ1) is 16.5. The average Bonchev–Trinajstić information content (AvgIpc) is 3.37. The molecule has 1 aliphatic carbocycles. The first-order valence-corrected chi connectivity index (χ1v) is 9.56. The number of hydrogen-bond donors (Lipinski definition) is 0. The van der Waals surface area contributed by atoms with Crippen molar-refractivity contribution in [1.82, 2.24) is 24.7 Å². The van der Waals surface area contributed by atoms with Crippen molar-refractivity contribution in [3.8, 4) is 11.4 Å². The largest absolute Gasteiger partial charge is 0.302 e. The molecule has 1 fully saturated rings. The summed E-state index contributed by atoms with van der Waals surface area (Å²) in [5.74, 6) is 2.18. The highest BCUT2D eigenvalue weighted by Gasteiger charge is 2.27. The highest BCUT2D eigenvalue weighted by atomic mass is 35.5. The molecule has 0 bridgehead atoms. The van der Waals surface area contributed by atoms with E-state index >= 15 is 0 Å². The van der Waals surface area contributed by atoms with E-state index < -0.39 is 0 Å². The maximum atomic E-state index is 6.17. The molecule has 0 N–H and O–H groups in total. The average molecular weight is 372 g/mol. The fourth-order valence-corrected chi connectivity index (χ4v) is 3.81. The van der Waals surface area contributed by atoms with Gasteiger partial charge in [0.1, 0.15) is 16.0 Å². The molecular weight excluding hydrogens is 354 g/mol. The minimum atomic E-state index is 0.463. The fourth-order valence-electron chi connectivity index (χ4n) is 2.65. The molecule has 0 amide bonds. The number of nitrogens with zero attached hydrogens (tertiary/aromatic N) is 5. The lowest BCUT2D eigenvalue weighted by Crippen LogP contribution is -2.00. The Morgan fingerprint density at radius 1 is 1.16 bits per heavy atom. The Morgan fingerprint density at radius 3 is 2.60 bits per heavy atom. The molecule has 4 rings (SSSR count). The number of benzene rings is 1. The summed E-state index contributed by atoms with van der Waals surface area (Å²) in [6, 6.07) is 10.1. The van der Waals surface area contributed by atoms with Crippen molar-refractivity contribution in [3.63, 3.8) is 0 Å². The van der Waals surface area contributed by atoms with E-state index in [-0.39, 0.29) is 0 Å². The Morgan fingerprint density at radius 2 is 1.92 bits per heavy atom. The van der Waals surface area contributed by atoms with Crippen molar-refractivity contribution >= 4 is 23.4 Å². The first-order valence-electron chi connectivity index (χ1n) is 8.36. The van der Waals surface area contributed by atoms with E-state index in [2.05, 4.69) is 62.8 Å². The third-order valence-corrected chi connectivity index (χ3v) is 5.27. The third-order valence-electron chi connectivity index (χ3n) is 4.17. The first-order chi connectivity index (χ1) is 12.1. The fraction of sp³-hybridized carbons (Fsp3) is 0.333. The van der Waals surface area contributed by atoms with Crippen molar-refractivity contribution in [2.24, 2.45) is 0 Å². The number of hydrogen-bond acceptors (Lipinski definition) is 5. The van der Waals surface area contributed by atoms with Gasteiger partial charge in [0.25, 0.3) is 0 Å². The van der Waals surface area contributed by atoms with Gasteiger partial charge in [-0.15, -0.1) is 10.2 Å². The van der Waals surface area contributed by atoms with Crippen LogP contribution in [0.25, 0.3) is 11.4 Å². The summed E-state index contributed by atoms with van der Waals surface area (Å²) in [6.07, 6.45) is 2.29. The predicted molar refractivity (Wildman–Crippen MR) is 99.0 cm³/mol. The molecule has 128 valence electrons. The van der Waals surface area contributed by atoms with Gasteiger partial charge in [0, 0.05) is 24.1 Å². The van der Waals surface area contributed by atoms with Crippen molar-refractivity contribution in [1.29, 1.82) is 0 Å². The van der Waals surface area contributed by atoms with Crippen LogP contribution < -0.4 is 0 Å². The molecule has 7 heteroatoms. The smallest absolute Gasteiger partial charge is 0.197 e. The molecule has 3 aromatic rings. The Hall–Kier alpha value is -1.92. The molecule has 0 atom stereocenters. The van der Waals surface area contributed by atoms with E-state index in [9.17, 15) is 0 Å². The van der Waals surface area contributed by atoms with Gasteiger partial charge < -0.3 is 4.57 Å². The van der Waals surface area contributed by atoms with Crippen LogP contribution in [0, 0.1) is 6.92 Å². The van der Waals surface area contributed by atoms with Gasteiger partial charge >= 0.3 is 0 Å². The highest BCUT2D eigenvalue weighted by Crippen LogP contribution is 2.39. The summed E-state index contributed by atoms with van der Waals surface area (Å²) in [5, 5.41) is 10.9. The number of rotatable bonds is 5. The molecule has 25 heavy (non-hydrogen) atoms. The molecule has 0 spiro atoms. The van der Waals surface area contributed by atoms with Gasteiger partial charge in [0.15, 0.2) is 11.0 Å². The lowest BCUT2D eigenvalue weighted by Gasteiger charge is -2.08. The Balaban J connectivity index is 1.66. The van der Waals surface area contributed by atoms with Gasteiger partial charge in [0.05, 0.1) is 0 Å². The zero-order valence-corrected chi connectivity index (χ0v) is 15.7. The van der Waals surface area contributed by atoms with E-state index in [0.717, 1.165) is 46.8 Å². The molecule has 0 aliphatic heterocycles. The van der Waals surface area contributed by atoms with E-state index in [1.54, 1.807) is 6.07 Å². The quantitative estimate of drug-likeness (QED) is 0.606. The topological polar surface area (TPSA) is 56.5 Å². The Bertz CT molecular complexity index is 902. The van der Waals surface area contributed by atoms with Gasteiger partial charge in [-0.1, -0.05) is 41.4 Å². The minimum Gasteiger partial charge on any atom is -0.302 e. The second-order valence-corrected chi connectivity index (χ2v) is 7.55. The second-order valence-electron chi connectivity index (χ2n) is 6.18. The van der Waals surface area contributed by atoms with Crippen LogP contribution in [0.15, 0.2) is 40.5 Å². The van der Waals surface area contributed by atoms with E-state index in [1.807, 2.05) is 0 Å². The van der Waals surface area contributed by atoms with Crippen LogP contribution in [-0.4, -0.2) is 24.7 Å². The lowest BCUT2D eigenvalue weighted by atomic mass is 10.1. The lowest BCUT2D eigenvalue weighted by molar-refractivity contribution is 0.686. The molecule has 1 aliphatic rings. The summed E-state index contributed by atoms with van der Waals surface area (Å²) in [4.78, 5) is 8.99. The van der Waals surface area contributed by atoms with Crippen LogP contribution in [0.2, 0.25) is 5.15 Å². The molecule has 1 aromatic carbocycles. The van der Waals surface area contributed by atoms with Crippen molar-refractivity contribution < 1.29 is 0 Å². The van der Waals surface area contributed by atoms with Gasteiger partial charge in [0.2, 0.25) is 0 Å². The molecule has 5 nitrogen and oxygen atoms in total. The van der Waals surface area contributed by atoms with Crippen molar-refractivity contribution in [2.75, 3.05) is 0 Å². The van der Waals surface area contributed by atoms with Gasteiger partial charge in [-0.05, 0) is 38.5 Å². The molecule has 0 radical (unpaired) electrons. The summed E-state index contributed by atoms with van der Waals surface area (Å²) < 4.78 is 2.10. The summed E-state index contributed by atoms with van der Waals surface area (Å²) in [5.41, 5.74) is 2.29. The van der Waals surface area contributed by atoms with Crippen molar-refractivity contribution in [3.05, 3.63) is 46.9 Å². The molecule has 2 heterocycles. The number of aryl methyl sites for hydroxylation is 1. The van der Waals surface area contributed by atoms with Crippen molar-refractivity contribution in [2.45, 2.75) is 49.3 Å². The summed E-state index contributed by atoms with van der Waals surface area (Å²) >= 11 is 7.66. The molecular formula is C18H18ClN5S. The Kier molecular flexibility index (Phi) is 4.48. The molecule has 2 aromatic heterocycles. The van der Waals surface area contributed by atoms with Crippen LogP contribution in [0.3, 0.4) is 0 Å².